The van der Waals surface area contributed by atoms with E-state index in [1.54, 1.807) is 24.3 Å². The molecule has 1 saturated heterocycles. The maximum atomic E-state index is 12.2. The fourth-order valence-electron chi connectivity index (χ4n) is 2.41. The number of nitrogens with two attached hydrogens (primary N) is 1. The van der Waals surface area contributed by atoms with Gasteiger partial charge in [-0.2, -0.15) is 0 Å². The molecule has 1 heterocycles. The zero-order valence-corrected chi connectivity index (χ0v) is 11.5. The maximum Gasteiger partial charge on any atom is 0.316 e. The molecule has 0 bridgehead atoms. The summed E-state index contributed by atoms with van der Waals surface area (Å²) in [6.07, 6.45) is 1.85. The third-order valence-electron chi connectivity index (χ3n) is 3.35. The Bertz CT molecular complexity index is 504. The van der Waals surface area contributed by atoms with Gasteiger partial charge in [0.25, 0.3) is 5.91 Å². The van der Waals surface area contributed by atoms with Gasteiger partial charge < -0.3 is 21.7 Å². The van der Waals surface area contributed by atoms with Crippen molar-refractivity contribution in [2.24, 2.45) is 5.73 Å². The normalized spacial score (nSPS) is 22.1. The number of hydrogen-bond acceptors (Lipinski definition) is 3. The highest BCUT2D eigenvalue weighted by Gasteiger charge is 2.20. The first-order valence-electron chi connectivity index (χ1n) is 6.75. The Balaban J connectivity index is 1.99. The highest BCUT2D eigenvalue weighted by atomic mass is 16.2. The molecule has 1 aromatic rings. The average molecular weight is 276 g/mol. The van der Waals surface area contributed by atoms with Gasteiger partial charge in [-0.15, -0.1) is 0 Å². The molecule has 6 nitrogen and oxygen atoms in total. The van der Waals surface area contributed by atoms with Crippen LogP contribution in [-0.2, 0) is 0 Å². The van der Waals surface area contributed by atoms with Crippen LogP contribution in [0.4, 0.5) is 10.5 Å². The molecule has 6 heteroatoms. The van der Waals surface area contributed by atoms with Crippen molar-refractivity contribution in [1.29, 1.82) is 0 Å². The van der Waals surface area contributed by atoms with Crippen LogP contribution in [0.5, 0.6) is 0 Å². The van der Waals surface area contributed by atoms with Crippen molar-refractivity contribution < 1.29 is 9.59 Å². The summed E-state index contributed by atoms with van der Waals surface area (Å²) in [5, 5.41) is 8.83. The number of rotatable bonds is 3. The number of piperidine rings is 1. The second-order valence-corrected chi connectivity index (χ2v) is 5.12. The quantitative estimate of drug-likeness (QED) is 0.664. The van der Waals surface area contributed by atoms with E-state index >= 15 is 0 Å². The Hall–Kier alpha value is -2.08. The Kier molecular flexibility index (Phi) is 4.57. The van der Waals surface area contributed by atoms with Crippen LogP contribution >= 0.6 is 0 Å². The monoisotopic (exact) mass is 276 g/mol. The SMILES string of the molecule is CC1CC(NC(=O)c2cccc(NC(N)=O)c2)CCN1. The van der Waals surface area contributed by atoms with Crippen LogP contribution in [0.3, 0.4) is 0 Å². The molecule has 20 heavy (non-hydrogen) atoms. The second-order valence-electron chi connectivity index (χ2n) is 5.12. The van der Waals surface area contributed by atoms with Crippen LogP contribution in [0.15, 0.2) is 24.3 Å². The number of hydrogen-bond donors (Lipinski definition) is 4. The number of nitrogens with one attached hydrogen (secondary N) is 3. The summed E-state index contributed by atoms with van der Waals surface area (Å²) in [6, 6.07) is 6.69. The minimum absolute atomic E-state index is 0.128. The van der Waals surface area contributed by atoms with E-state index in [-0.39, 0.29) is 11.9 Å². The lowest BCUT2D eigenvalue weighted by molar-refractivity contribution is 0.0925. The van der Waals surface area contributed by atoms with E-state index in [1.165, 1.54) is 0 Å². The van der Waals surface area contributed by atoms with Crippen LogP contribution in [0, 0.1) is 0 Å². The second kappa shape index (κ2) is 6.38. The number of anilines is 1. The van der Waals surface area contributed by atoms with E-state index in [0.717, 1.165) is 19.4 Å². The Morgan fingerprint density at radius 2 is 2.20 bits per heavy atom. The molecule has 0 saturated carbocycles. The minimum atomic E-state index is -0.644. The molecule has 0 aliphatic carbocycles. The summed E-state index contributed by atoms with van der Waals surface area (Å²) in [6.45, 7) is 3.02. The predicted molar refractivity (Wildman–Crippen MR) is 77.6 cm³/mol. The van der Waals surface area contributed by atoms with Crippen LogP contribution in [0.25, 0.3) is 0 Å². The van der Waals surface area contributed by atoms with E-state index in [9.17, 15) is 9.59 Å². The van der Waals surface area contributed by atoms with E-state index < -0.39 is 6.03 Å². The van der Waals surface area contributed by atoms with Crippen molar-refractivity contribution in [3.8, 4) is 0 Å². The molecule has 0 radical (unpaired) electrons. The van der Waals surface area contributed by atoms with Crippen LogP contribution < -0.4 is 21.7 Å². The molecule has 0 spiro atoms. The smallest absolute Gasteiger partial charge is 0.316 e. The fraction of sp³-hybridized carbons (Fsp3) is 0.429. The first-order valence-corrected chi connectivity index (χ1v) is 6.75. The van der Waals surface area contributed by atoms with E-state index in [1.807, 2.05) is 0 Å². The number of amides is 3. The first-order chi connectivity index (χ1) is 9.54. The minimum Gasteiger partial charge on any atom is -0.351 e. The van der Waals surface area contributed by atoms with Crippen LogP contribution in [0.1, 0.15) is 30.1 Å². The topological polar surface area (TPSA) is 96.2 Å². The molecule has 1 aromatic carbocycles. The van der Waals surface area contributed by atoms with Gasteiger partial charge in [-0.1, -0.05) is 6.07 Å². The predicted octanol–water partition coefficient (Wildman–Crippen LogP) is 1.05. The van der Waals surface area contributed by atoms with Crippen LogP contribution in [-0.4, -0.2) is 30.6 Å². The number of carbonyl (C=O) groups is 2. The largest absolute Gasteiger partial charge is 0.351 e. The molecule has 2 unspecified atom stereocenters. The summed E-state index contributed by atoms with van der Waals surface area (Å²) in [7, 11) is 0. The number of primary amides is 1. The van der Waals surface area contributed by atoms with Gasteiger partial charge >= 0.3 is 6.03 Å². The van der Waals surface area contributed by atoms with Gasteiger partial charge in [-0.05, 0) is 44.5 Å². The van der Waals surface area contributed by atoms with Gasteiger partial charge in [-0.25, -0.2) is 4.79 Å². The van der Waals surface area contributed by atoms with Gasteiger partial charge in [0.1, 0.15) is 0 Å². The highest BCUT2D eigenvalue weighted by molar-refractivity contribution is 5.96. The van der Waals surface area contributed by atoms with Crippen molar-refractivity contribution >= 4 is 17.6 Å². The van der Waals surface area contributed by atoms with Crippen molar-refractivity contribution in [2.45, 2.75) is 31.8 Å². The molecule has 1 aliphatic heterocycles. The summed E-state index contributed by atoms with van der Waals surface area (Å²) >= 11 is 0. The van der Waals surface area contributed by atoms with Crippen molar-refractivity contribution in [1.82, 2.24) is 10.6 Å². The van der Waals surface area contributed by atoms with Gasteiger partial charge in [0, 0.05) is 23.3 Å². The van der Waals surface area contributed by atoms with Gasteiger partial charge in [0.2, 0.25) is 0 Å². The summed E-state index contributed by atoms with van der Waals surface area (Å²) in [4.78, 5) is 23.0. The van der Waals surface area contributed by atoms with Crippen molar-refractivity contribution in [3.63, 3.8) is 0 Å². The maximum absolute atomic E-state index is 12.2. The molecule has 5 N–H and O–H groups in total. The number of urea groups is 1. The third kappa shape index (κ3) is 3.96. The van der Waals surface area contributed by atoms with Gasteiger partial charge in [0.15, 0.2) is 0 Å². The molecule has 0 aromatic heterocycles. The fourth-order valence-corrected chi connectivity index (χ4v) is 2.41. The van der Waals surface area contributed by atoms with E-state index in [0.29, 0.717) is 17.3 Å². The molecule has 3 amide bonds. The zero-order chi connectivity index (χ0) is 14.5. The average Bonchev–Trinajstić information content (AvgIpc) is 2.38. The molecule has 2 atom stereocenters. The van der Waals surface area contributed by atoms with Crippen molar-refractivity contribution in [3.05, 3.63) is 29.8 Å². The Morgan fingerprint density at radius 3 is 2.90 bits per heavy atom. The molecule has 1 aliphatic rings. The Labute approximate surface area is 118 Å². The standard InChI is InChI=1S/C14H20N4O2/c1-9-7-12(5-6-16-9)17-13(19)10-3-2-4-11(8-10)18-14(15)20/h2-4,8-9,12,16H,5-7H2,1H3,(H,17,19)(H3,15,18,20). The summed E-state index contributed by atoms with van der Waals surface area (Å²) in [5.41, 5.74) is 6.09. The number of carbonyl (C=O) groups excluding carboxylic acids is 2. The molecule has 1 fully saturated rings. The molecule has 108 valence electrons. The van der Waals surface area contributed by atoms with Crippen LogP contribution in [0.2, 0.25) is 0 Å². The summed E-state index contributed by atoms with van der Waals surface area (Å²) < 4.78 is 0. The van der Waals surface area contributed by atoms with Gasteiger partial charge in [0.05, 0.1) is 0 Å². The molecular weight excluding hydrogens is 256 g/mol. The zero-order valence-electron chi connectivity index (χ0n) is 11.5. The van der Waals surface area contributed by atoms with Gasteiger partial charge in [-0.3, -0.25) is 4.79 Å². The summed E-state index contributed by atoms with van der Waals surface area (Å²) in [5.74, 6) is -0.128. The molecule has 2 rings (SSSR count). The van der Waals surface area contributed by atoms with Crippen molar-refractivity contribution in [2.75, 3.05) is 11.9 Å². The lowest BCUT2D eigenvalue weighted by Gasteiger charge is -2.28. The lowest BCUT2D eigenvalue weighted by atomic mass is 10.0. The van der Waals surface area contributed by atoms with E-state index in [2.05, 4.69) is 22.9 Å². The number of benzene rings is 1. The third-order valence-corrected chi connectivity index (χ3v) is 3.35. The highest BCUT2D eigenvalue weighted by Crippen LogP contribution is 2.13. The Morgan fingerprint density at radius 1 is 1.40 bits per heavy atom. The van der Waals surface area contributed by atoms with E-state index in [4.69, 9.17) is 5.73 Å². The lowest BCUT2D eigenvalue weighted by Crippen LogP contribution is -2.46. The molecular formula is C14H20N4O2. The first kappa shape index (κ1) is 14.3.